The molecule has 3 N–H and O–H groups in total. The number of nitrogens with two attached hydrogens (primary N) is 1. The monoisotopic (exact) mass is 246 g/mol. The maximum atomic E-state index is 11.7. The third kappa shape index (κ3) is 3.84. The summed E-state index contributed by atoms with van der Waals surface area (Å²) in [6.07, 6.45) is 4.80. The van der Waals surface area contributed by atoms with Crippen LogP contribution in [0, 0.1) is 5.41 Å². The molecule has 1 amide bonds. The molecule has 0 spiro atoms. The van der Waals surface area contributed by atoms with Gasteiger partial charge in [-0.1, -0.05) is 30.3 Å². The molecule has 1 aromatic carbocycles. The zero-order valence-electron chi connectivity index (χ0n) is 10.8. The molecule has 2 rings (SSSR count). The number of carbonyl (C=O) groups excluding carboxylic acids is 1. The van der Waals surface area contributed by atoms with Gasteiger partial charge in [-0.25, -0.2) is 0 Å². The molecule has 0 radical (unpaired) electrons. The van der Waals surface area contributed by atoms with Crippen molar-refractivity contribution in [2.75, 3.05) is 13.1 Å². The molecule has 0 saturated heterocycles. The van der Waals surface area contributed by atoms with Gasteiger partial charge in [0.1, 0.15) is 0 Å². The SMILES string of the molecule is NCC1(CNC(=O)CCCc2ccccc2)CC1. The zero-order valence-corrected chi connectivity index (χ0v) is 10.8. The summed E-state index contributed by atoms with van der Waals surface area (Å²) in [4.78, 5) is 11.7. The highest BCUT2D eigenvalue weighted by Crippen LogP contribution is 2.43. The minimum atomic E-state index is 0.158. The Balaban J connectivity index is 1.60. The van der Waals surface area contributed by atoms with Crippen molar-refractivity contribution in [2.45, 2.75) is 32.1 Å². The molecule has 3 heteroatoms. The van der Waals surface area contributed by atoms with E-state index in [9.17, 15) is 4.79 Å². The second-order valence-electron chi connectivity index (χ2n) is 5.32. The molecule has 0 aromatic heterocycles. The van der Waals surface area contributed by atoms with Crippen LogP contribution in [0.15, 0.2) is 30.3 Å². The fourth-order valence-electron chi connectivity index (χ4n) is 2.10. The van der Waals surface area contributed by atoms with Crippen LogP contribution in [-0.2, 0) is 11.2 Å². The van der Waals surface area contributed by atoms with E-state index in [0.29, 0.717) is 13.0 Å². The van der Waals surface area contributed by atoms with Crippen LogP contribution in [0.2, 0.25) is 0 Å². The number of nitrogens with one attached hydrogen (secondary N) is 1. The minimum Gasteiger partial charge on any atom is -0.355 e. The normalized spacial score (nSPS) is 16.3. The Morgan fingerprint density at radius 3 is 2.61 bits per heavy atom. The largest absolute Gasteiger partial charge is 0.355 e. The van der Waals surface area contributed by atoms with Gasteiger partial charge in [0.15, 0.2) is 0 Å². The number of aryl methyl sites for hydroxylation is 1. The molecular formula is C15H22N2O. The first-order chi connectivity index (χ1) is 8.74. The first-order valence-corrected chi connectivity index (χ1v) is 6.75. The summed E-state index contributed by atoms with van der Waals surface area (Å²) in [5.74, 6) is 0.158. The Morgan fingerprint density at radius 1 is 1.28 bits per heavy atom. The van der Waals surface area contributed by atoms with E-state index in [2.05, 4.69) is 17.4 Å². The highest BCUT2D eigenvalue weighted by atomic mass is 16.1. The first kappa shape index (κ1) is 13.1. The van der Waals surface area contributed by atoms with Crippen LogP contribution >= 0.6 is 0 Å². The fraction of sp³-hybridized carbons (Fsp3) is 0.533. The summed E-state index contributed by atoms with van der Waals surface area (Å²) < 4.78 is 0. The van der Waals surface area contributed by atoms with Crippen LogP contribution in [0.4, 0.5) is 0 Å². The van der Waals surface area contributed by atoms with Crippen LogP contribution in [0.1, 0.15) is 31.2 Å². The Morgan fingerprint density at radius 2 is 2.00 bits per heavy atom. The van der Waals surface area contributed by atoms with Crippen molar-refractivity contribution in [3.05, 3.63) is 35.9 Å². The number of hydrogen-bond acceptors (Lipinski definition) is 2. The van der Waals surface area contributed by atoms with E-state index in [1.807, 2.05) is 18.2 Å². The van der Waals surface area contributed by atoms with Gasteiger partial charge in [-0.2, -0.15) is 0 Å². The van der Waals surface area contributed by atoms with Crippen molar-refractivity contribution in [1.29, 1.82) is 0 Å². The van der Waals surface area contributed by atoms with Gasteiger partial charge in [0.2, 0.25) is 5.91 Å². The summed E-state index contributed by atoms with van der Waals surface area (Å²) in [7, 11) is 0. The van der Waals surface area contributed by atoms with Gasteiger partial charge in [-0.15, -0.1) is 0 Å². The molecule has 0 aliphatic heterocycles. The number of benzene rings is 1. The number of amides is 1. The van der Waals surface area contributed by atoms with Gasteiger partial charge in [-0.3, -0.25) is 4.79 Å². The maximum absolute atomic E-state index is 11.7. The lowest BCUT2D eigenvalue weighted by Gasteiger charge is -2.13. The average molecular weight is 246 g/mol. The molecule has 0 atom stereocenters. The first-order valence-electron chi connectivity index (χ1n) is 6.75. The van der Waals surface area contributed by atoms with Crippen molar-refractivity contribution < 1.29 is 4.79 Å². The third-order valence-electron chi connectivity index (χ3n) is 3.76. The smallest absolute Gasteiger partial charge is 0.220 e. The zero-order chi connectivity index (χ0) is 12.8. The topological polar surface area (TPSA) is 55.1 Å². The molecule has 3 nitrogen and oxygen atoms in total. The van der Waals surface area contributed by atoms with Gasteiger partial charge >= 0.3 is 0 Å². The summed E-state index contributed by atoms with van der Waals surface area (Å²) >= 11 is 0. The predicted molar refractivity (Wildman–Crippen MR) is 73.1 cm³/mol. The molecule has 0 heterocycles. The molecule has 0 unspecified atom stereocenters. The van der Waals surface area contributed by atoms with Crippen molar-refractivity contribution in [3.8, 4) is 0 Å². The van der Waals surface area contributed by atoms with Crippen molar-refractivity contribution in [1.82, 2.24) is 5.32 Å². The van der Waals surface area contributed by atoms with Gasteiger partial charge in [0.25, 0.3) is 0 Å². The Hall–Kier alpha value is -1.35. The quantitative estimate of drug-likeness (QED) is 0.771. The van der Waals surface area contributed by atoms with E-state index in [-0.39, 0.29) is 11.3 Å². The molecule has 98 valence electrons. The highest BCUT2D eigenvalue weighted by Gasteiger charge is 2.41. The predicted octanol–water partition coefficient (Wildman–Crippen LogP) is 1.86. The van der Waals surface area contributed by atoms with Crippen molar-refractivity contribution in [2.24, 2.45) is 11.1 Å². The molecular weight excluding hydrogens is 224 g/mol. The number of rotatable bonds is 7. The molecule has 1 aromatic rings. The van der Waals surface area contributed by atoms with Gasteiger partial charge in [-0.05, 0) is 43.2 Å². The van der Waals surface area contributed by atoms with Crippen LogP contribution in [-0.4, -0.2) is 19.0 Å². The third-order valence-corrected chi connectivity index (χ3v) is 3.76. The lowest BCUT2D eigenvalue weighted by molar-refractivity contribution is -0.121. The number of carbonyl (C=O) groups is 1. The summed E-state index contributed by atoms with van der Waals surface area (Å²) in [6.45, 7) is 1.45. The van der Waals surface area contributed by atoms with Crippen LogP contribution in [0.3, 0.4) is 0 Å². The van der Waals surface area contributed by atoms with Crippen LogP contribution in [0.5, 0.6) is 0 Å². The lowest BCUT2D eigenvalue weighted by atomic mass is 10.1. The van der Waals surface area contributed by atoms with Crippen LogP contribution in [0.25, 0.3) is 0 Å². The summed E-state index contributed by atoms with van der Waals surface area (Å²) in [5, 5.41) is 3.00. The molecule has 1 aliphatic carbocycles. The molecule has 18 heavy (non-hydrogen) atoms. The Labute approximate surface area is 109 Å². The molecule has 0 bridgehead atoms. The Bertz CT molecular complexity index is 385. The standard InChI is InChI=1S/C15H22N2O/c16-11-15(9-10-15)12-17-14(18)8-4-7-13-5-2-1-3-6-13/h1-3,5-6H,4,7-12,16H2,(H,17,18). The molecule has 1 saturated carbocycles. The summed E-state index contributed by atoms with van der Waals surface area (Å²) in [6, 6.07) is 10.3. The van der Waals surface area contributed by atoms with E-state index >= 15 is 0 Å². The van der Waals surface area contributed by atoms with Gasteiger partial charge in [0, 0.05) is 13.0 Å². The second-order valence-corrected chi connectivity index (χ2v) is 5.32. The highest BCUT2D eigenvalue weighted by molar-refractivity contribution is 5.75. The molecule has 1 fully saturated rings. The van der Waals surface area contributed by atoms with Crippen molar-refractivity contribution in [3.63, 3.8) is 0 Å². The van der Waals surface area contributed by atoms with Gasteiger partial charge < -0.3 is 11.1 Å². The van der Waals surface area contributed by atoms with E-state index in [1.54, 1.807) is 0 Å². The van der Waals surface area contributed by atoms with E-state index in [0.717, 1.165) is 32.2 Å². The van der Waals surface area contributed by atoms with Crippen molar-refractivity contribution >= 4 is 5.91 Å². The minimum absolute atomic E-state index is 0.158. The van der Waals surface area contributed by atoms with Gasteiger partial charge in [0.05, 0.1) is 0 Å². The fourth-order valence-corrected chi connectivity index (χ4v) is 2.10. The summed E-state index contributed by atoms with van der Waals surface area (Å²) in [5.41, 5.74) is 7.21. The van der Waals surface area contributed by atoms with E-state index < -0.39 is 0 Å². The maximum Gasteiger partial charge on any atom is 0.220 e. The Kier molecular flexibility index (Phi) is 4.37. The van der Waals surface area contributed by atoms with E-state index in [1.165, 1.54) is 5.56 Å². The lowest BCUT2D eigenvalue weighted by Crippen LogP contribution is -2.33. The molecule has 1 aliphatic rings. The number of hydrogen-bond donors (Lipinski definition) is 2. The second kappa shape index (κ2) is 6.01. The van der Waals surface area contributed by atoms with E-state index in [4.69, 9.17) is 5.73 Å². The van der Waals surface area contributed by atoms with Crippen LogP contribution < -0.4 is 11.1 Å². The average Bonchev–Trinajstić information content (AvgIpc) is 3.18.